The first-order valence-corrected chi connectivity index (χ1v) is 3.20. The van der Waals surface area contributed by atoms with Crippen molar-refractivity contribution in [3.05, 3.63) is 22.2 Å². The molecule has 1 nitrogen and oxygen atoms in total. The molecule has 0 atom stereocenters. The van der Waals surface area contributed by atoms with Crippen LogP contribution < -0.4 is 4.74 Å². The van der Waals surface area contributed by atoms with Gasteiger partial charge in [0.15, 0.2) is 11.5 Å². The molecular formula is C6H2Cl2O. The molecule has 0 unspecified atom stereocenters. The minimum atomic E-state index is 0.595. The molecule has 0 fully saturated rings. The minimum absolute atomic E-state index is 0.595. The number of hydrogen-bond donors (Lipinski definition) is 0. The fourth-order valence-corrected chi connectivity index (χ4v) is 1.21. The Hall–Kier alpha value is -0.400. The number of ether oxygens (including phenoxy) is 1. The lowest BCUT2D eigenvalue weighted by molar-refractivity contribution is 0.650. The summed E-state index contributed by atoms with van der Waals surface area (Å²) in [6.07, 6.45) is 0. The molecule has 2 rings (SSSR count). The minimum Gasteiger partial charge on any atom is -0.448 e. The van der Waals surface area contributed by atoms with Crippen LogP contribution in [0.4, 0.5) is 0 Å². The lowest BCUT2D eigenvalue weighted by Crippen LogP contribution is -1.54. The van der Waals surface area contributed by atoms with Gasteiger partial charge in [0, 0.05) is 11.1 Å². The molecule has 1 aromatic carbocycles. The molecule has 0 N–H and O–H groups in total. The van der Waals surface area contributed by atoms with E-state index in [-0.39, 0.29) is 0 Å². The molecule has 1 aromatic rings. The molecule has 0 saturated carbocycles. The highest BCUT2D eigenvalue weighted by molar-refractivity contribution is 6.36. The van der Waals surface area contributed by atoms with Gasteiger partial charge in [-0.3, -0.25) is 0 Å². The monoisotopic (exact) mass is 160 g/mol. The topological polar surface area (TPSA) is 12.5 Å². The molecule has 1 aliphatic heterocycles. The largest absolute Gasteiger partial charge is 0.448 e. The van der Waals surface area contributed by atoms with Crippen molar-refractivity contribution in [2.45, 2.75) is 0 Å². The Morgan fingerprint density at radius 2 is 2.00 bits per heavy atom. The summed E-state index contributed by atoms with van der Waals surface area (Å²) in [6, 6.07) is 3.40. The second-order valence-electron chi connectivity index (χ2n) is 1.82. The zero-order valence-electron chi connectivity index (χ0n) is 4.32. The molecule has 1 heterocycles. The van der Waals surface area contributed by atoms with E-state index in [1.54, 1.807) is 12.1 Å². The van der Waals surface area contributed by atoms with E-state index in [0.717, 1.165) is 11.5 Å². The summed E-state index contributed by atoms with van der Waals surface area (Å²) in [4.78, 5) is 0. The molecule has 46 valence electrons. The molecule has 1 aliphatic rings. The molecule has 3 heteroatoms. The predicted octanol–water partition coefficient (Wildman–Crippen LogP) is 3.10. The van der Waals surface area contributed by atoms with Crippen LogP contribution in [0.2, 0.25) is 10.0 Å². The maximum atomic E-state index is 5.66. The Balaban J connectivity index is 2.67. The van der Waals surface area contributed by atoms with Crippen LogP contribution in [-0.2, 0) is 0 Å². The Morgan fingerprint density at radius 3 is 2.67 bits per heavy atom. The molecule has 0 bridgehead atoms. The van der Waals surface area contributed by atoms with Crippen LogP contribution in [0.1, 0.15) is 0 Å². The van der Waals surface area contributed by atoms with Crippen molar-refractivity contribution in [1.29, 1.82) is 0 Å². The average Bonchev–Trinajstić information content (AvgIpc) is 2.43. The zero-order chi connectivity index (χ0) is 6.43. The van der Waals surface area contributed by atoms with Gasteiger partial charge in [0.2, 0.25) is 0 Å². The van der Waals surface area contributed by atoms with Gasteiger partial charge in [-0.1, -0.05) is 23.2 Å². The van der Waals surface area contributed by atoms with E-state index < -0.39 is 0 Å². The standard InChI is InChI=1S/C6H2Cl2O/c7-3-1-4(8)6-5(2-3)9-6/h1-2H. The number of fused-ring (bicyclic) bond motifs is 1. The van der Waals surface area contributed by atoms with Crippen molar-refractivity contribution in [2.75, 3.05) is 0 Å². The third-order valence-electron chi connectivity index (χ3n) is 1.14. The quantitative estimate of drug-likeness (QED) is 0.540. The lowest BCUT2D eigenvalue weighted by atomic mass is 10.4. The SMILES string of the molecule is Clc1cc(Cl)c2c(c1)O2. The summed E-state index contributed by atoms with van der Waals surface area (Å²) in [5, 5.41) is 1.22. The second-order valence-corrected chi connectivity index (χ2v) is 2.66. The van der Waals surface area contributed by atoms with Gasteiger partial charge in [0.25, 0.3) is 0 Å². The summed E-state index contributed by atoms with van der Waals surface area (Å²) >= 11 is 11.3. The highest BCUT2D eigenvalue weighted by atomic mass is 35.5. The number of rotatable bonds is 0. The first kappa shape index (κ1) is 5.39. The van der Waals surface area contributed by atoms with E-state index in [1.807, 2.05) is 0 Å². The van der Waals surface area contributed by atoms with Crippen molar-refractivity contribution < 1.29 is 4.74 Å². The highest BCUT2D eigenvalue weighted by Gasteiger charge is 2.24. The van der Waals surface area contributed by atoms with Gasteiger partial charge >= 0.3 is 0 Å². The van der Waals surface area contributed by atoms with Gasteiger partial charge < -0.3 is 4.74 Å². The van der Waals surface area contributed by atoms with Gasteiger partial charge in [-0.2, -0.15) is 0 Å². The van der Waals surface area contributed by atoms with Gasteiger partial charge in [0.05, 0.1) is 5.02 Å². The first-order valence-electron chi connectivity index (χ1n) is 2.44. The van der Waals surface area contributed by atoms with Crippen molar-refractivity contribution in [2.24, 2.45) is 0 Å². The normalized spacial score (nSPS) is 12.2. The first-order chi connectivity index (χ1) is 4.27. The van der Waals surface area contributed by atoms with Gasteiger partial charge in [-0.25, -0.2) is 0 Å². The Kier molecular flexibility index (Phi) is 0.930. The van der Waals surface area contributed by atoms with Gasteiger partial charge in [-0.15, -0.1) is 0 Å². The van der Waals surface area contributed by atoms with Gasteiger partial charge in [0.1, 0.15) is 0 Å². The Morgan fingerprint density at radius 1 is 1.22 bits per heavy atom. The van der Waals surface area contributed by atoms with E-state index in [9.17, 15) is 0 Å². The van der Waals surface area contributed by atoms with Crippen LogP contribution in [0.3, 0.4) is 0 Å². The fourth-order valence-electron chi connectivity index (χ4n) is 0.699. The van der Waals surface area contributed by atoms with Crippen LogP contribution in [-0.4, -0.2) is 0 Å². The summed E-state index contributed by atoms with van der Waals surface area (Å²) in [7, 11) is 0. The van der Waals surface area contributed by atoms with Crippen molar-refractivity contribution in [1.82, 2.24) is 0 Å². The van der Waals surface area contributed by atoms with Crippen LogP contribution in [0.15, 0.2) is 12.1 Å². The zero-order valence-corrected chi connectivity index (χ0v) is 5.83. The molecule has 9 heavy (non-hydrogen) atoms. The Bertz CT molecular complexity index is 269. The van der Waals surface area contributed by atoms with E-state index in [1.165, 1.54) is 0 Å². The van der Waals surface area contributed by atoms with Crippen LogP contribution in [0.25, 0.3) is 0 Å². The molecule has 0 spiro atoms. The molecule has 0 amide bonds. The smallest absolute Gasteiger partial charge is 0.188 e. The summed E-state index contributed by atoms with van der Waals surface area (Å²) in [6.45, 7) is 0. The third kappa shape index (κ3) is 0.769. The Labute approximate surface area is 62.1 Å². The lowest BCUT2D eigenvalue weighted by Gasteiger charge is -1.81. The predicted molar refractivity (Wildman–Crippen MR) is 36.5 cm³/mol. The maximum absolute atomic E-state index is 5.66. The summed E-state index contributed by atoms with van der Waals surface area (Å²) in [5.41, 5.74) is 0. The van der Waals surface area contributed by atoms with E-state index in [0.29, 0.717) is 10.0 Å². The van der Waals surface area contributed by atoms with Crippen molar-refractivity contribution in [3.8, 4) is 11.5 Å². The number of hydrogen-bond acceptors (Lipinski definition) is 1. The van der Waals surface area contributed by atoms with Crippen molar-refractivity contribution in [3.63, 3.8) is 0 Å². The van der Waals surface area contributed by atoms with Crippen LogP contribution in [0, 0.1) is 0 Å². The third-order valence-corrected chi connectivity index (χ3v) is 1.64. The van der Waals surface area contributed by atoms with E-state index in [2.05, 4.69) is 0 Å². The highest BCUT2D eigenvalue weighted by Crippen LogP contribution is 2.51. The number of halogens is 2. The van der Waals surface area contributed by atoms with E-state index in [4.69, 9.17) is 27.9 Å². The molecular weight excluding hydrogens is 159 g/mol. The second kappa shape index (κ2) is 1.55. The summed E-state index contributed by atoms with van der Waals surface area (Å²) in [5.74, 6) is 1.56. The van der Waals surface area contributed by atoms with Crippen molar-refractivity contribution >= 4 is 23.2 Å². The fraction of sp³-hybridized carbons (Fsp3) is 0. The number of benzene rings is 1. The van der Waals surface area contributed by atoms with Crippen LogP contribution >= 0.6 is 23.2 Å². The molecule has 0 aromatic heterocycles. The van der Waals surface area contributed by atoms with Crippen LogP contribution in [0.5, 0.6) is 11.5 Å². The summed E-state index contributed by atoms with van der Waals surface area (Å²) < 4.78 is 4.93. The van der Waals surface area contributed by atoms with E-state index >= 15 is 0 Å². The molecule has 0 radical (unpaired) electrons. The average molecular weight is 161 g/mol. The maximum Gasteiger partial charge on any atom is 0.188 e. The molecule has 0 saturated heterocycles. The molecule has 0 aliphatic carbocycles. The van der Waals surface area contributed by atoms with Gasteiger partial charge in [-0.05, 0) is 6.07 Å².